The van der Waals surface area contributed by atoms with E-state index in [1.54, 1.807) is 11.9 Å². The van der Waals surface area contributed by atoms with Crippen molar-refractivity contribution in [1.82, 2.24) is 4.98 Å². The third-order valence-corrected chi connectivity index (χ3v) is 4.43. The van der Waals surface area contributed by atoms with Crippen molar-refractivity contribution in [1.29, 1.82) is 0 Å². The standard InChI is InChI=1S/C20H26N2O2/c1-12-17(14(3)23)13(2)21-18(12)19(24)22(7)16-10-8-15(9-11-16)20(4,5)6/h8-11,21H,1-7H3. The Morgan fingerprint density at radius 3 is 2.00 bits per heavy atom. The van der Waals surface area contributed by atoms with Gasteiger partial charge in [0.1, 0.15) is 5.69 Å². The zero-order valence-electron chi connectivity index (χ0n) is 15.6. The molecule has 4 nitrogen and oxygen atoms in total. The van der Waals surface area contributed by atoms with Gasteiger partial charge >= 0.3 is 0 Å². The van der Waals surface area contributed by atoms with E-state index in [4.69, 9.17) is 0 Å². The first kappa shape index (κ1) is 18.0. The van der Waals surface area contributed by atoms with Crippen LogP contribution in [0.2, 0.25) is 0 Å². The van der Waals surface area contributed by atoms with Crippen LogP contribution in [0.1, 0.15) is 65.4 Å². The molecule has 0 aliphatic rings. The van der Waals surface area contributed by atoms with E-state index >= 15 is 0 Å². The van der Waals surface area contributed by atoms with Gasteiger partial charge in [-0.15, -0.1) is 0 Å². The maximum Gasteiger partial charge on any atom is 0.274 e. The Balaban J connectivity index is 2.34. The molecular weight excluding hydrogens is 300 g/mol. The number of rotatable bonds is 3. The average molecular weight is 326 g/mol. The third kappa shape index (κ3) is 3.28. The molecule has 0 aliphatic carbocycles. The summed E-state index contributed by atoms with van der Waals surface area (Å²) < 4.78 is 0. The summed E-state index contributed by atoms with van der Waals surface area (Å²) in [7, 11) is 1.75. The van der Waals surface area contributed by atoms with Crippen molar-refractivity contribution in [3.63, 3.8) is 0 Å². The highest BCUT2D eigenvalue weighted by atomic mass is 16.2. The zero-order valence-corrected chi connectivity index (χ0v) is 15.6. The fraction of sp³-hybridized carbons (Fsp3) is 0.400. The SMILES string of the molecule is CC(=O)c1c(C)[nH]c(C(=O)N(C)c2ccc(C(C)(C)C)cc2)c1C. The van der Waals surface area contributed by atoms with Crippen LogP contribution in [-0.4, -0.2) is 23.7 Å². The number of anilines is 1. The largest absolute Gasteiger partial charge is 0.354 e. The monoisotopic (exact) mass is 326 g/mol. The predicted octanol–water partition coefficient (Wildman–Crippen LogP) is 4.41. The predicted molar refractivity (Wildman–Crippen MR) is 98.1 cm³/mol. The molecule has 0 unspecified atom stereocenters. The fourth-order valence-electron chi connectivity index (χ4n) is 2.96. The first-order valence-electron chi connectivity index (χ1n) is 8.12. The number of nitrogens with one attached hydrogen (secondary N) is 1. The number of benzene rings is 1. The van der Waals surface area contributed by atoms with Crippen LogP contribution in [0.15, 0.2) is 24.3 Å². The van der Waals surface area contributed by atoms with Crippen molar-refractivity contribution in [2.75, 3.05) is 11.9 Å². The van der Waals surface area contributed by atoms with Gasteiger partial charge in [0.05, 0.1) is 0 Å². The Hall–Kier alpha value is -2.36. The smallest absolute Gasteiger partial charge is 0.274 e. The first-order chi connectivity index (χ1) is 11.0. The minimum absolute atomic E-state index is 0.0301. The normalized spacial score (nSPS) is 11.5. The van der Waals surface area contributed by atoms with E-state index in [0.717, 1.165) is 11.4 Å². The zero-order chi connectivity index (χ0) is 18.2. The molecule has 0 atom stereocenters. The lowest BCUT2D eigenvalue weighted by molar-refractivity contribution is 0.0987. The van der Waals surface area contributed by atoms with Gasteiger partial charge in [0.25, 0.3) is 5.91 Å². The molecule has 0 saturated carbocycles. The van der Waals surface area contributed by atoms with E-state index in [9.17, 15) is 9.59 Å². The Labute approximate surface area is 143 Å². The molecule has 1 amide bonds. The van der Waals surface area contributed by atoms with Crippen LogP contribution < -0.4 is 4.90 Å². The van der Waals surface area contributed by atoms with Crippen molar-refractivity contribution in [3.8, 4) is 0 Å². The number of aromatic amines is 1. The van der Waals surface area contributed by atoms with Gasteiger partial charge < -0.3 is 9.88 Å². The average Bonchev–Trinajstić information content (AvgIpc) is 2.80. The van der Waals surface area contributed by atoms with E-state index in [2.05, 4.69) is 25.8 Å². The number of carbonyl (C=O) groups is 2. The molecule has 1 aromatic carbocycles. The Kier molecular flexibility index (Phi) is 4.70. The number of nitrogens with zero attached hydrogens (tertiary/aromatic N) is 1. The van der Waals surface area contributed by atoms with Crippen LogP contribution in [0, 0.1) is 13.8 Å². The van der Waals surface area contributed by atoms with E-state index in [0.29, 0.717) is 16.8 Å². The molecule has 0 bridgehead atoms. The summed E-state index contributed by atoms with van der Waals surface area (Å²) >= 11 is 0. The van der Waals surface area contributed by atoms with Crippen LogP contribution in [-0.2, 0) is 5.41 Å². The van der Waals surface area contributed by atoms with E-state index in [-0.39, 0.29) is 17.1 Å². The molecular formula is C20H26N2O2. The number of aryl methyl sites for hydroxylation is 1. The molecule has 0 spiro atoms. The summed E-state index contributed by atoms with van der Waals surface area (Å²) in [5.74, 6) is -0.177. The number of ketones is 1. The van der Waals surface area contributed by atoms with Gasteiger partial charge in [-0.1, -0.05) is 32.9 Å². The number of hydrogen-bond acceptors (Lipinski definition) is 2. The number of carbonyl (C=O) groups excluding carboxylic acids is 2. The van der Waals surface area contributed by atoms with Crippen molar-refractivity contribution < 1.29 is 9.59 Å². The van der Waals surface area contributed by atoms with E-state index in [1.165, 1.54) is 12.5 Å². The van der Waals surface area contributed by atoms with Gasteiger partial charge in [-0.3, -0.25) is 9.59 Å². The van der Waals surface area contributed by atoms with Crippen molar-refractivity contribution in [3.05, 3.63) is 52.3 Å². The van der Waals surface area contributed by atoms with Gasteiger partial charge in [-0.25, -0.2) is 0 Å². The number of hydrogen-bond donors (Lipinski definition) is 1. The highest BCUT2D eigenvalue weighted by Gasteiger charge is 2.23. The molecule has 4 heteroatoms. The molecule has 0 radical (unpaired) electrons. The van der Waals surface area contributed by atoms with Crippen LogP contribution >= 0.6 is 0 Å². The minimum atomic E-state index is -0.147. The maximum atomic E-state index is 12.8. The van der Waals surface area contributed by atoms with Crippen molar-refractivity contribution in [2.45, 2.75) is 47.0 Å². The lowest BCUT2D eigenvalue weighted by Crippen LogP contribution is -2.27. The third-order valence-electron chi connectivity index (χ3n) is 4.43. The second-order valence-corrected chi connectivity index (χ2v) is 7.34. The highest BCUT2D eigenvalue weighted by Crippen LogP contribution is 2.26. The molecule has 0 aliphatic heterocycles. The minimum Gasteiger partial charge on any atom is -0.354 e. The van der Waals surface area contributed by atoms with Crippen LogP contribution in [0.5, 0.6) is 0 Å². The number of Topliss-reactive ketones (excluding diaryl/α,β-unsaturated/α-hetero) is 1. The molecule has 2 aromatic rings. The summed E-state index contributed by atoms with van der Waals surface area (Å²) in [4.78, 5) is 29.2. The molecule has 1 aromatic heterocycles. The lowest BCUT2D eigenvalue weighted by atomic mass is 9.87. The topological polar surface area (TPSA) is 53.2 Å². The van der Waals surface area contributed by atoms with Crippen LogP contribution in [0.3, 0.4) is 0 Å². The fourth-order valence-corrected chi connectivity index (χ4v) is 2.96. The lowest BCUT2D eigenvalue weighted by Gasteiger charge is -2.22. The van der Waals surface area contributed by atoms with Crippen LogP contribution in [0.25, 0.3) is 0 Å². The molecule has 24 heavy (non-hydrogen) atoms. The molecule has 1 heterocycles. The van der Waals surface area contributed by atoms with Gasteiger partial charge in [-0.05, 0) is 49.4 Å². The summed E-state index contributed by atoms with van der Waals surface area (Å²) in [6.07, 6.45) is 0. The van der Waals surface area contributed by atoms with Crippen molar-refractivity contribution >= 4 is 17.4 Å². The van der Waals surface area contributed by atoms with E-state index in [1.807, 2.05) is 38.1 Å². The van der Waals surface area contributed by atoms with Gasteiger partial charge in [-0.2, -0.15) is 0 Å². The van der Waals surface area contributed by atoms with Gasteiger partial charge in [0.2, 0.25) is 0 Å². The number of H-pyrrole nitrogens is 1. The molecule has 0 saturated heterocycles. The quantitative estimate of drug-likeness (QED) is 0.850. The summed E-state index contributed by atoms with van der Waals surface area (Å²) in [5, 5.41) is 0. The van der Waals surface area contributed by atoms with Crippen LogP contribution in [0.4, 0.5) is 5.69 Å². The molecule has 1 N–H and O–H groups in total. The Morgan fingerprint density at radius 1 is 1.04 bits per heavy atom. The number of aromatic nitrogens is 1. The summed E-state index contributed by atoms with van der Waals surface area (Å²) in [6, 6.07) is 8.00. The Morgan fingerprint density at radius 2 is 1.58 bits per heavy atom. The second-order valence-electron chi connectivity index (χ2n) is 7.34. The molecule has 128 valence electrons. The van der Waals surface area contributed by atoms with Crippen molar-refractivity contribution in [2.24, 2.45) is 0 Å². The molecule has 0 fully saturated rings. The highest BCUT2D eigenvalue weighted by molar-refractivity contribution is 6.08. The second kappa shape index (κ2) is 6.27. The summed E-state index contributed by atoms with van der Waals surface area (Å²) in [5.41, 5.74) is 4.64. The van der Waals surface area contributed by atoms with Gasteiger partial charge in [0.15, 0.2) is 5.78 Å². The molecule has 2 rings (SSSR count). The van der Waals surface area contributed by atoms with Gasteiger partial charge in [0, 0.05) is 24.0 Å². The Bertz CT molecular complexity index is 777. The first-order valence-corrected chi connectivity index (χ1v) is 8.12. The summed E-state index contributed by atoms with van der Waals surface area (Å²) in [6.45, 7) is 11.6. The maximum absolute atomic E-state index is 12.8. The van der Waals surface area contributed by atoms with E-state index < -0.39 is 0 Å². The number of amides is 1.